The Morgan fingerprint density at radius 2 is 2.20 bits per heavy atom. The van der Waals surface area contributed by atoms with Crippen molar-refractivity contribution in [3.05, 3.63) is 6.20 Å². The van der Waals surface area contributed by atoms with Crippen molar-refractivity contribution >= 4 is 11.8 Å². The van der Waals surface area contributed by atoms with E-state index in [4.69, 9.17) is 10.5 Å². The standard InChI is InChI=1S/C7H7F3N4O/c8-7(9,10)14-1-2-15-4-3-12-6(11)13-5(4)14/h3H,1-2H2,(H2,11,12,13). The van der Waals surface area contributed by atoms with Gasteiger partial charge in [0.25, 0.3) is 0 Å². The van der Waals surface area contributed by atoms with E-state index >= 15 is 0 Å². The Bertz CT molecular complexity index is 381. The van der Waals surface area contributed by atoms with Gasteiger partial charge >= 0.3 is 6.30 Å². The lowest BCUT2D eigenvalue weighted by molar-refractivity contribution is -0.132. The van der Waals surface area contributed by atoms with Gasteiger partial charge in [0.05, 0.1) is 12.7 Å². The Kier molecular flexibility index (Phi) is 2.06. The monoisotopic (exact) mass is 220 g/mol. The highest BCUT2D eigenvalue weighted by atomic mass is 19.4. The second kappa shape index (κ2) is 3.14. The number of nitrogens with zero attached hydrogens (tertiary/aromatic N) is 3. The molecule has 1 aromatic heterocycles. The molecule has 82 valence electrons. The van der Waals surface area contributed by atoms with Gasteiger partial charge in [0, 0.05) is 0 Å². The minimum absolute atomic E-state index is 0.00669. The molecule has 0 saturated heterocycles. The minimum atomic E-state index is -4.49. The quantitative estimate of drug-likeness (QED) is 0.654. The zero-order valence-corrected chi connectivity index (χ0v) is 7.45. The highest BCUT2D eigenvalue weighted by Crippen LogP contribution is 2.35. The Balaban J connectivity index is 2.45. The van der Waals surface area contributed by atoms with Crippen LogP contribution in [0.1, 0.15) is 0 Å². The SMILES string of the molecule is Nc1ncc2c(n1)N(C(F)(F)F)CCO2. The van der Waals surface area contributed by atoms with Crippen molar-refractivity contribution in [3.63, 3.8) is 0 Å². The molecular formula is C7H7F3N4O. The molecule has 0 fully saturated rings. The van der Waals surface area contributed by atoms with E-state index in [2.05, 4.69) is 9.97 Å². The normalized spacial score (nSPS) is 15.8. The van der Waals surface area contributed by atoms with Gasteiger partial charge in [-0.05, 0) is 0 Å². The highest BCUT2D eigenvalue weighted by Gasteiger charge is 2.41. The molecule has 1 aromatic rings. The van der Waals surface area contributed by atoms with Crippen LogP contribution in [0.4, 0.5) is 24.9 Å². The fourth-order valence-corrected chi connectivity index (χ4v) is 1.27. The first kappa shape index (κ1) is 9.81. The van der Waals surface area contributed by atoms with Crippen molar-refractivity contribution in [3.8, 4) is 5.75 Å². The van der Waals surface area contributed by atoms with Crippen LogP contribution in [0.2, 0.25) is 0 Å². The third kappa shape index (κ3) is 1.74. The Labute approximate surface area is 82.7 Å². The minimum Gasteiger partial charge on any atom is -0.486 e. The molecular weight excluding hydrogens is 213 g/mol. The molecule has 0 atom stereocenters. The van der Waals surface area contributed by atoms with Crippen LogP contribution in [0, 0.1) is 0 Å². The van der Waals surface area contributed by atoms with Gasteiger partial charge in [-0.2, -0.15) is 18.2 Å². The fourth-order valence-electron chi connectivity index (χ4n) is 1.27. The molecule has 2 heterocycles. The molecule has 0 aliphatic carbocycles. The van der Waals surface area contributed by atoms with Crippen LogP contribution in [0.25, 0.3) is 0 Å². The summed E-state index contributed by atoms with van der Waals surface area (Å²) < 4.78 is 42.5. The van der Waals surface area contributed by atoms with Crippen molar-refractivity contribution in [2.45, 2.75) is 6.30 Å². The van der Waals surface area contributed by atoms with Gasteiger partial charge < -0.3 is 10.5 Å². The second-order valence-corrected chi connectivity index (χ2v) is 2.88. The van der Waals surface area contributed by atoms with Crippen molar-refractivity contribution < 1.29 is 17.9 Å². The third-order valence-electron chi connectivity index (χ3n) is 1.89. The number of alkyl halides is 3. The van der Waals surface area contributed by atoms with E-state index in [1.807, 2.05) is 0 Å². The van der Waals surface area contributed by atoms with Gasteiger partial charge in [-0.1, -0.05) is 0 Å². The van der Waals surface area contributed by atoms with Crippen LogP contribution >= 0.6 is 0 Å². The summed E-state index contributed by atoms with van der Waals surface area (Å²) in [6.45, 7) is -0.354. The molecule has 15 heavy (non-hydrogen) atoms. The molecule has 1 aliphatic rings. The predicted octanol–water partition coefficient (Wildman–Crippen LogP) is 0.777. The first-order valence-corrected chi connectivity index (χ1v) is 4.08. The molecule has 0 spiro atoms. The van der Waals surface area contributed by atoms with Crippen LogP contribution in [0.15, 0.2) is 6.20 Å². The molecule has 0 saturated carbocycles. The smallest absolute Gasteiger partial charge is 0.486 e. The number of nitrogen functional groups attached to an aromatic ring is 1. The Morgan fingerprint density at radius 1 is 1.47 bits per heavy atom. The molecule has 0 unspecified atom stereocenters. The number of fused-ring (bicyclic) bond motifs is 1. The molecule has 0 aromatic carbocycles. The van der Waals surface area contributed by atoms with E-state index in [9.17, 15) is 13.2 Å². The Hall–Kier alpha value is -1.73. The molecule has 8 heteroatoms. The first-order chi connectivity index (χ1) is 6.98. The molecule has 1 aliphatic heterocycles. The summed E-state index contributed by atoms with van der Waals surface area (Å²) in [6.07, 6.45) is -3.35. The van der Waals surface area contributed by atoms with Crippen molar-refractivity contribution in [2.24, 2.45) is 0 Å². The van der Waals surface area contributed by atoms with Crippen molar-refractivity contribution in [1.29, 1.82) is 0 Å². The lowest BCUT2D eigenvalue weighted by Gasteiger charge is -2.30. The topological polar surface area (TPSA) is 64.3 Å². The summed E-state index contributed by atoms with van der Waals surface area (Å²) in [5.74, 6) is -0.553. The largest absolute Gasteiger partial charge is 0.486 e. The lowest BCUT2D eigenvalue weighted by atomic mass is 10.4. The second-order valence-electron chi connectivity index (χ2n) is 2.88. The third-order valence-corrected chi connectivity index (χ3v) is 1.89. The maximum Gasteiger partial charge on any atom is 0.486 e. The van der Waals surface area contributed by atoms with E-state index in [-0.39, 0.29) is 35.6 Å². The van der Waals surface area contributed by atoms with E-state index in [1.165, 1.54) is 0 Å². The zero-order chi connectivity index (χ0) is 11.1. The molecule has 0 bridgehead atoms. The molecule has 2 N–H and O–H groups in total. The van der Waals surface area contributed by atoms with Crippen LogP contribution in [-0.4, -0.2) is 29.4 Å². The van der Waals surface area contributed by atoms with Gasteiger partial charge in [0.1, 0.15) is 6.61 Å². The van der Waals surface area contributed by atoms with E-state index in [1.54, 1.807) is 0 Å². The average molecular weight is 220 g/mol. The summed E-state index contributed by atoms with van der Waals surface area (Å²) in [7, 11) is 0. The predicted molar refractivity (Wildman–Crippen MR) is 45.3 cm³/mol. The van der Waals surface area contributed by atoms with Crippen LogP contribution in [0.5, 0.6) is 5.75 Å². The number of rotatable bonds is 0. The summed E-state index contributed by atoms with van der Waals surface area (Å²) in [5.41, 5.74) is 5.22. The molecule has 0 amide bonds. The molecule has 5 nitrogen and oxygen atoms in total. The number of halogens is 3. The van der Waals surface area contributed by atoms with Gasteiger partial charge in [-0.25, -0.2) is 4.98 Å². The summed E-state index contributed by atoms with van der Waals surface area (Å²) in [4.78, 5) is 7.25. The van der Waals surface area contributed by atoms with Crippen molar-refractivity contribution in [1.82, 2.24) is 9.97 Å². The fraction of sp³-hybridized carbons (Fsp3) is 0.429. The lowest BCUT2D eigenvalue weighted by Crippen LogP contribution is -2.44. The number of hydrogen-bond donors (Lipinski definition) is 1. The summed E-state index contributed by atoms with van der Waals surface area (Å²) >= 11 is 0. The number of hydrogen-bond acceptors (Lipinski definition) is 5. The van der Waals surface area contributed by atoms with Crippen LogP contribution in [-0.2, 0) is 0 Å². The van der Waals surface area contributed by atoms with Gasteiger partial charge in [0.15, 0.2) is 11.6 Å². The van der Waals surface area contributed by atoms with E-state index in [0.29, 0.717) is 0 Å². The average Bonchev–Trinajstić information content (AvgIpc) is 2.15. The highest BCUT2D eigenvalue weighted by molar-refractivity contribution is 5.55. The zero-order valence-electron chi connectivity index (χ0n) is 7.45. The number of anilines is 2. The number of ether oxygens (including phenoxy) is 1. The van der Waals surface area contributed by atoms with Crippen molar-refractivity contribution in [2.75, 3.05) is 23.8 Å². The first-order valence-electron chi connectivity index (χ1n) is 4.08. The van der Waals surface area contributed by atoms with E-state index < -0.39 is 6.30 Å². The number of aromatic nitrogens is 2. The van der Waals surface area contributed by atoms with Crippen LogP contribution in [0.3, 0.4) is 0 Å². The molecule has 2 rings (SSSR count). The van der Waals surface area contributed by atoms with Crippen LogP contribution < -0.4 is 15.4 Å². The summed E-state index contributed by atoms with van der Waals surface area (Å²) in [5, 5.41) is 0. The van der Waals surface area contributed by atoms with E-state index in [0.717, 1.165) is 6.20 Å². The van der Waals surface area contributed by atoms with Gasteiger partial charge in [-0.15, -0.1) is 0 Å². The Morgan fingerprint density at radius 3 is 2.87 bits per heavy atom. The van der Waals surface area contributed by atoms with Gasteiger partial charge in [0.2, 0.25) is 5.95 Å². The number of nitrogens with two attached hydrogens (primary N) is 1. The maximum absolute atomic E-state index is 12.5. The molecule has 0 radical (unpaired) electrons. The maximum atomic E-state index is 12.5. The summed E-state index contributed by atoms with van der Waals surface area (Å²) in [6, 6.07) is 0. The van der Waals surface area contributed by atoms with Gasteiger partial charge in [-0.3, -0.25) is 4.90 Å².